The van der Waals surface area contributed by atoms with Gasteiger partial charge in [-0.05, 0) is 24.3 Å². The van der Waals surface area contributed by atoms with E-state index in [1.807, 2.05) is 0 Å². The molecule has 2 aliphatic rings. The lowest BCUT2D eigenvalue weighted by Crippen LogP contribution is -2.48. The van der Waals surface area contributed by atoms with Crippen molar-refractivity contribution in [2.24, 2.45) is 0 Å². The van der Waals surface area contributed by atoms with Gasteiger partial charge >= 0.3 is 6.18 Å². The van der Waals surface area contributed by atoms with Crippen LogP contribution in [0.4, 0.5) is 19.0 Å². The number of hydrogen-bond acceptors (Lipinski definition) is 6. The summed E-state index contributed by atoms with van der Waals surface area (Å²) in [5.41, 5.74) is -0.818. The average molecular weight is 429 g/mol. The second-order valence-corrected chi connectivity index (χ2v) is 8.54. The Morgan fingerprint density at radius 3 is 2.24 bits per heavy atom. The van der Waals surface area contributed by atoms with Gasteiger partial charge in [-0.2, -0.15) is 17.5 Å². The van der Waals surface area contributed by atoms with Crippen LogP contribution in [0, 0.1) is 0 Å². The molecule has 1 saturated heterocycles. The number of anilines is 1. The molecule has 0 bridgehead atoms. The third-order valence-electron chi connectivity index (χ3n) is 4.79. The molecule has 0 saturated carbocycles. The van der Waals surface area contributed by atoms with Crippen molar-refractivity contribution in [1.82, 2.24) is 9.29 Å². The van der Waals surface area contributed by atoms with E-state index < -0.39 is 21.8 Å². The van der Waals surface area contributed by atoms with Gasteiger partial charge in [0.05, 0.1) is 10.5 Å². The van der Waals surface area contributed by atoms with Crippen LogP contribution in [0.1, 0.15) is 5.56 Å². The minimum Gasteiger partial charge on any atom is -0.486 e. The minimum absolute atomic E-state index is 0.114. The summed E-state index contributed by atoms with van der Waals surface area (Å²) in [6, 6.07) is 6.78. The molecule has 0 atom stereocenters. The van der Waals surface area contributed by atoms with E-state index in [1.54, 1.807) is 11.0 Å². The lowest BCUT2D eigenvalue weighted by Gasteiger charge is -2.34. The van der Waals surface area contributed by atoms with Crippen LogP contribution < -0.4 is 14.4 Å². The highest BCUT2D eigenvalue weighted by Gasteiger charge is 2.32. The number of alkyl halides is 3. The Hall–Kier alpha value is -2.53. The van der Waals surface area contributed by atoms with Crippen LogP contribution in [-0.4, -0.2) is 57.1 Å². The van der Waals surface area contributed by atoms with Gasteiger partial charge in [0.1, 0.15) is 19.0 Å². The first kappa shape index (κ1) is 19.8. The van der Waals surface area contributed by atoms with Gasteiger partial charge in [0.25, 0.3) is 0 Å². The molecule has 1 aromatic heterocycles. The molecule has 29 heavy (non-hydrogen) atoms. The van der Waals surface area contributed by atoms with E-state index in [-0.39, 0.29) is 18.0 Å². The summed E-state index contributed by atoms with van der Waals surface area (Å²) in [4.78, 5) is 5.74. The first-order valence-corrected chi connectivity index (χ1v) is 10.4. The van der Waals surface area contributed by atoms with Crippen LogP contribution in [-0.2, 0) is 16.2 Å². The summed E-state index contributed by atoms with van der Waals surface area (Å²) in [5, 5.41) is 0. The standard InChI is InChI=1S/C18H18F3N3O4S/c19-18(20,21)13-1-4-17(22-12-13)23-5-7-24(8-6-23)29(25,26)14-2-3-15-16(11-14)28-10-9-27-15/h1-4,11-12H,5-10H2. The molecule has 0 aliphatic carbocycles. The number of halogens is 3. The van der Waals surface area contributed by atoms with Crippen molar-refractivity contribution in [1.29, 1.82) is 0 Å². The number of aromatic nitrogens is 1. The summed E-state index contributed by atoms with van der Waals surface area (Å²) in [6.07, 6.45) is -3.66. The zero-order valence-electron chi connectivity index (χ0n) is 15.2. The summed E-state index contributed by atoms with van der Waals surface area (Å²) in [5.74, 6) is 1.28. The molecule has 2 aromatic rings. The summed E-state index contributed by atoms with van der Waals surface area (Å²) >= 11 is 0. The van der Waals surface area contributed by atoms with Crippen molar-refractivity contribution in [3.05, 3.63) is 42.1 Å². The minimum atomic E-state index is -4.44. The molecule has 156 valence electrons. The highest BCUT2D eigenvalue weighted by molar-refractivity contribution is 7.89. The number of rotatable bonds is 3. The molecule has 1 fully saturated rings. The van der Waals surface area contributed by atoms with Gasteiger partial charge in [0.2, 0.25) is 10.0 Å². The van der Waals surface area contributed by atoms with Crippen LogP contribution in [0.15, 0.2) is 41.4 Å². The van der Waals surface area contributed by atoms with Crippen molar-refractivity contribution in [2.45, 2.75) is 11.1 Å². The van der Waals surface area contributed by atoms with Gasteiger partial charge in [-0.1, -0.05) is 0 Å². The lowest BCUT2D eigenvalue weighted by atomic mass is 10.2. The molecule has 3 heterocycles. The molecule has 0 radical (unpaired) electrons. The van der Waals surface area contributed by atoms with E-state index in [4.69, 9.17) is 9.47 Å². The van der Waals surface area contributed by atoms with Crippen molar-refractivity contribution >= 4 is 15.8 Å². The van der Waals surface area contributed by atoms with Crippen LogP contribution in [0.2, 0.25) is 0 Å². The maximum absolute atomic E-state index is 12.9. The smallest absolute Gasteiger partial charge is 0.417 e. The first-order chi connectivity index (χ1) is 13.7. The normalized spacial score (nSPS) is 18.0. The fourth-order valence-corrected chi connectivity index (χ4v) is 4.67. The van der Waals surface area contributed by atoms with E-state index >= 15 is 0 Å². The van der Waals surface area contributed by atoms with Crippen LogP contribution in [0.3, 0.4) is 0 Å². The molecule has 0 amide bonds. The molecular formula is C18H18F3N3O4S. The Labute approximate surface area is 165 Å². The number of sulfonamides is 1. The first-order valence-electron chi connectivity index (χ1n) is 8.93. The predicted octanol–water partition coefficient (Wildman–Crippen LogP) is 2.38. The number of fused-ring (bicyclic) bond motifs is 1. The predicted molar refractivity (Wildman–Crippen MR) is 97.6 cm³/mol. The molecule has 1 aromatic carbocycles. The van der Waals surface area contributed by atoms with E-state index in [1.165, 1.54) is 22.5 Å². The molecule has 0 unspecified atom stereocenters. The fraction of sp³-hybridized carbons (Fsp3) is 0.389. The van der Waals surface area contributed by atoms with Crippen molar-refractivity contribution < 1.29 is 31.1 Å². The topological polar surface area (TPSA) is 72.0 Å². The third-order valence-corrected chi connectivity index (χ3v) is 6.68. The molecule has 0 spiro atoms. The largest absolute Gasteiger partial charge is 0.486 e. The van der Waals surface area contributed by atoms with E-state index in [2.05, 4.69) is 4.98 Å². The zero-order valence-corrected chi connectivity index (χ0v) is 16.0. The molecule has 2 aliphatic heterocycles. The summed E-state index contributed by atoms with van der Waals surface area (Å²) in [7, 11) is -3.73. The second kappa shape index (κ2) is 7.38. The van der Waals surface area contributed by atoms with Gasteiger partial charge in [-0.3, -0.25) is 0 Å². The highest BCUT2D eigenvalue weighted by atomic mass is 32.2. The highest BCUT2D eigenvalue weighted by Crippen LogP contribution is 2.33. The lowest BCUT2D eigenvalue weighted by molar-refractivity contribution is -0.137. The zero-order chi connectivity index (χ0) is 20.6. The van der Waals surface area contributed by atoms with Crippen molar-refractivity contribution in [3.63, 3.8) is 0 Å². The maximum Gasteiger partial charge on any atom is 0.417 e. The number of ether oxygens (including phenoxy) is 2. The van der Waals surface area contributed by atoms with E-state index in [0.29, 0.717) is 43.6 Å². The Kier molecular flexibility index (Phi) is 5.03. The fourth-order valence-electron chi connectivity index (χ4n) is 3.23. The number of nitrogens with zero attached hydrogens (tertiary/aromatic N) is 3. The quantitative estimate of drug-likeness (QED) is 0.746. The maximum atomic E-state index is 12.9. The van der Waals surface area contributed by atoms with Crippen LogP contribution >= 0.6 is 0 Å². The number of benzene rings is 1. The number of hydrogen-bond donors (Lipinski definition) is 0. The van der Waals surface area contributed by atoms with Gasteiger partial charge in [0.15, 0.2) is 11.5 Å². The third kappa shape index (κ3) is 3.97. The molecule has 4 rings (SSSR count). The SMILES string of the molecule is O=S(=O)(c1ccc2c(c1)OCCO2)N1CCN(c2ccc(C(F)(F)F)cn2)CC1. The van der Waals surface area contributed by atoms with Gasteiger partial charge in [-0.25, -0.2) is 13.4 Å². The van der Waals surface area contributed by atoms with Crippen molar-refractivity contribution in [3.8, 4) is 11.5 Å². The van der Waals surface area contributed by atoms with Gasteiger partial charge in [0, 0.05) is 38.4 Å². The molecule has 7 nitrogen and oxygen atoms in total. The molecular weight excluding hydrogens is 411 g/mol. The van der Waals surface area contributed by atoms with Crippen LogP contribution in [0.5, 0.6) is 11.5 Å². The Morgan fingerprint density at radius 1 is 0.931 bits per heavy atom. The molecule has 11 heteroatoms. The van der Waals surface area contributed by atoms with Gasteiger partial charge in [-0.15, -0.1) is 0 Å². The summed E-state index contributed by atoms with van der Waals surface area (Å²) in [6.45, 7) is 1.80. The summed E-state index contributed by atoms with van der Waals surface area (Å²) < 4.78 is 76.1. The monoisotopic (exact) mass is 429 g/mol. The average Bonchev–Trinajstić information content (AvgIpc) is 2.73. The number of pyridine rings is 1. The molecule has 0 N–H and O–H groups in total. The Balaban J connectivity index is 1.45. The van der Waals surface area contributed by atoms with Gasteiger partial charge < -0.3 is 14.4 Å². The Bertz CT molecular complexity index is 988. The van der Waals surface area contributed by atoms with Crippen LogP contribution in [0.25, 0.3) is 0 Å². The van der Waals surface area contributed by atoms with E-state index in [0.717, 1.165) is 12.3 Å². The second-order valence-electron chi connectivity index (χ2n) is 6.60. The Morgan fingerprint density at radius 2 is 1.62 bits per heavy atom. The van der Waals surface area contributed by atoms with E-state index in [9.17, 15) is 21.6 Å². The van der Waals surface area contributed by atoms with Crippen molar-refractivity contribution in [2.75, 3.05) is 44.3 Å². The number of piperazine rings is 1.